The monoisotopic (exact) mass is 717 g/mol. The van der Waals surface area contributed by atoms with E-state index in [0.29, 0.717) is 56.8 Å². The molecular formula is C38H48ClN7O3S. The molecule has 0 radical (unpaired) electrons. The fraction of sp³-hybridized carbons (Fsp3) is 0.395. The molecule has 0 saturated carbocycles. The van der Waals surface area contributed by atoms with Crippen molar-refractivity contribution in [3.05, 3.63) is 94.6 Å². The molecule has 12 heteroatoms. The van der Waals surface area contributed by atoms with Crippen LogP contribution in [0.3, 0.4) is 0 Å². The van der Waals surface area contributed by atoms with Crippen LogP contribution in [0.4, 0.5) is 0 Å². The van der Waals surface area contributed by atoms with E-state index in [4.69, 9.17) is 23.1 Å². The Balaban J connectivity index is 1.55. The van der Waals surface area contributed by atoms with Crippen molar-refractivity contribution < 1.29 is 14.4 Å². The van der Waals surface area contributed by atoms with Gasteiger partial charge in [-0.2, -0.15) is 0 Å². The summed E-state index contributed by atoms with van der Waals surface area (Å²) >= 11 is 7.94. The van der Waals surface area contributed by atoms with Crippen molar-refractivity contribution in [2.75, 3.05) is 20.1 Å². The topological polar surface area (TPSA) is 148 Å². The van der Waals surface area contributed by atoms with Gasteiger partial charge in [0.05, 0.1) is 6.04 Å². The maximum Gasteiger partial charge on any atom is 0.245 e. The Morgan fingerprint density at radius 1 is 0.820 bits per heavy atom. The first-order chi connectivity index (χ1) is 24.2. The lowest BCUT2D eigenvalue weighted by Gasteiger charge is -2.32. The number of amides is 3. The molecule has 0 saturated heterocycles. The Labute approximate surface area is 303 Å². The van der Waals surface area contributed by atoms with E-state index in [1.54, 1.807) is 18.8 Å². The lowest BCUT2D eigenvalue weighted by Crippen LogP contribution is -2.57. The van der Waals surface area contributed by atoms with Crippen LogP contribution in [0.5, 0.6) is 0 Å². The molecule has 0 aliphatic carbocycles. The largest absolute Gasteiger partial charge is 0.350 e. The van der Waals surface area contributed by atoms with Gasteiger partial charge in [-0.1, -0.05) is 65.8 Å². The first kappa shape index (κ1) is 37.4. The second kappa shape index (κ2) is 17.9. The number of nitrogens with zero attached hydrogens (tertiary/aromatic N) is 2. The number of aromatic nitrogens is 1. The maximum atomic E-state index is 14.4. The van der Waals surface area contributed by atoms with Gasteiger partial charge in [0.1, 0.15) is 12.1 Å². The van der Waals surface area contributed by atoms with Crippen molar-refractivity contribution in [1.29, 1.82) is 0 Å². The highest BCUT2D eigenvalue weighted by Crippen LogP contribution is 2.33. The number of hydrogen-bond donors (Lipinski definition) is 5. The standard InChI is InChI=1S/C38H48ClN7O3S/c1-45-24-27(29-17-16-28(39)21-32(29)45)20-33-37(48)43-23-26-11-4-6-15-35(26)50-34-14-5-3-10-25(34)22-42-30(13-9-19-41)36(47)44-31(12-7-8-18-40)38(49)46(33)2/h3-6,10-11,14-17,21,24,30-31,33,42H,7-9,12-13,18-20,22-23,40-41H2,1-2H3,(H,43,48)(H,44,47)/t30-,31-,33-/m0/s1. The van der Waals surface area contributed by atoms with Crippen molar-refractivity contribution in [2.45, 2.75) is 79.5 Å². The molecule has 3 atom stereocenters. The van der Waals surface area contributed by atoms with Gasteiger partial charge < -0.3 is 36.9 Å². The molecule has 2 heterocycles. The normalized spacial score (nSPS) is 19.4. The van der Waals surface area contributed by atoms with Crippen molar-refractivity contribution >= 4 is 52.0 Å². The SMILES string of the molecule is CN1C(=O)[C@H](CCCCN)NC(=O)[C@H](CCCN)NCc2ccccc2Sc2ccccc2CNC(=O)[C@@H]1Cc1cn(C)c2cc(Cl)ccc12. The molecule has 3 amide bonds. The average molecular weight is 718 g/mol. The Morgan fingerprint density at radius 3 is 2.18 bits per heavy atom. The van der Waals surface area contributed by atoms with Gasteiger partial charge >= 0.3 is 0 Å². The van der Waals surface area contributed by atoms with Crippen molar-refractivity contribution in [2.24, 2.45) is 18.5 Å². The molecule has 3 aromatic carbocycles. The predicted octanol–water partition coefficient (Wildman–Crippen LogP) is 4.49. The minimum Gasteiger partial charge on any atom is -0.350 e. The van der Waals surface area contributed by atoms with E-state index in [2.05, 4.69) is 22.0 Å². The van der Waals surface area contributed by atoms with Crippen LogP contribution in [0.1, 0.15) is 48.8 Å². The second-order valence-electron chi connectivity index (χ2n) is 12.8. The van der Waals surface area contributed by atoms with Gasteiger partial charge in [-0.05, 0) is 86.1 Å². The molecule has 4 aromatic rings. The van der Waals surface area contributed by atoms with Gasteiger partial charge in [0.25, 0.3) is 0 Å². The first-order valence-corrected chi connectivity index (χ1v) is 18.4. The average Bonchev–Trinajstić information content (AvgIpc) is 3.42. The van der Waals surface area contributed by atoms with Crippen LogP contribution in [0, 0.1) is 0 Å². The lowest BCUT2D eigenvalue weighted by molar-refractivity contribution is -0.142. The Kier molecular flexibility index (Phi) is 13.4. The molecule has 266 valence electrons. The molecule has 5 rings (SSSR count). The summed E-state index contributed by atoms with van der Waals surface area (Å²) in [6, 6.07) is 19.5. The lowest BCUT2D eigenvalue weighted by atomic mass is 10.0. The van der Waals surface area contributed by atoms with Gasteiger partial charge in [0.15, 0.2) is 0 Å². The predicted molar refractivity (Wildman–Crippen MR) is 201 cm³/mol. The Bertz CT molecular complexity index is 1800. The summed E-state index contributed by atoms with van der Waals surface area (Å²) in [5.74, 6) is -0.891. The fourth-order valence-electron chi connectivity index (χ4n) is 6.44. The summed E-state index contributed by atoms with van der Waals surface area (Å²) in [7, 11) is 3.58. The number of unbranched alkanes of at least 4 members (excludes halogenated alkanes) is 1. The number of fused-ring (bicyclic) bond motifs is 3. The molecule has 50 heavy (non-hydrogen) atoms. The fourth-order valence-corrected chi connectivity index (χ4v) is 7.68. The smallest absolute Gasteiger partial charge is 0.245 e. The van der Waals surface area contributed by atoms with Crippen molar-refractivity contribution in [3.8, 4) is 0 Å². The second-order valence-corrected chi connectivity index (χ2v) is 14.4. The number of nitrogens with one attached hydrogen (secondary N) is 3. The number of carbonyl (C=O) groups excluding carboxylic acids is 3. The van der Waals surface area contributed by atoms with Gasteiger partial charge in [-0.25, -0.2) is 0 Å². The van der Waals surface area contributed by atoms with Crippen LogP contribution in [-0.4, -0.2) is 65.5 Å². The minimum absolute atomic E-state index is 0.265. The quantitative estimate of drug-likeness (QED) is 0.160. The molecule has 0 unspecified atom stereocenters. The molecule has 7 N–H and O–H groups in total. The van der Waals surface area contributed by atoms with Crippen LogP contribution in [0.2, 0.25) is 5.02 Å². The van der Waals surface area contributed by atoms with Crippen LogP contribution in [0.15, 0.2) is 82.7 Å². The summed E-state index contributed by atoms with van der Waals surface area (Å²) in [4.78, 5) is 46.2. The number of halogens is 1. The molecule has 0 bridgehead atoms. The Hall–Kier alpha value is -3.87. The van der Waals surface area contributed by atoms with Gasteiger partial charge in [-0.15, -0.1) is 0 Å². The highest BCUT2D eigenvalue weighted by Gasteiger charge is 2.34. The molecular weight excluding hydrogens is 670 g/mol. The van der Waals surface area contributed by atoms with Crippen LogP contribution in [-0.2, 0) is 40.9 Å². The molecule has 0 spiro atoms. The number of carbonyl (C=O) groups is 3. The Morgan fingerprint density at radius 2 is 1.48 bits per heavy atom. The zero-order valence-electron chi connectivity index (χ0n) is 28.8. The van der Waals surface area contributed by atoms with Crippen molar-refractivity contribution in [1.82, 2.24) is 25.4 Å². The van der Waals surface area contributed by atoms with E-state index in [0.717, 1.165) is 37.4 Å². The van der Waals surface area contributed by atoms with Crippen LogP contribution < -0.4 is 27.4 Å². The summed E-state index contributed by atoms with van der Waals surface area (Å²) < 4.78 is 1.98. The van der Waals surface area contributed by atoms with E-state index >= 15 is 0 Å². The number of rotatable bonds is 9. The third-order valence-electron chi connectivity index (χ3n) is 9.30. The zero-order valence-corrected chi connectivity index (χ0v) is 30.4. The summed E-state index contributed by atoms with van der Waals surface area (Å²) in [5, 5.41) is 11.2. The van der Waals surface area contributed by atoms with Gasteiger partial charge in [0.2, 0.25) is 17.7 Å². The number of aryl methyl sites for hydroxylation is 1. The number of nitrogens with two attached hydrogens (primary N) is 2. The first-order valence-electron chi connectivity index (χ1n) is 17.3. The highest BCUT2D eigenvalue weighted by atomic mass is 35.5. The van der Waals surface area contributed by atoms with Crippen LogP contribution >= 0.6 is 23.4 Å². The van der Waals surface area contributed by atoms with Crippen LogP contribution in [0.25, 0.3) is 10.9 Å². The van der Waals surface area contributed by atoms with E-state index < -0.39 is 18.1 Å². The third-order valence-corrected chi connectivity index (χ3v) is 10.8. The van der Waals surface area contributed by atoms with Gasteiger partial charge in [0, 0.05) is 65.5 Å². The van der Waals surface area contributed by atoms with E-state index in [1.807, 2.05) is 78.5 Å². The van der Waals surface area contributed by atoms with E-state index in [-0.39, 0.29) is 30.7 Å². The molecule has 1 aliphatic heterocycles. The van der Waals surface area contributed by atoms with Gasteiger partial charge in [-0.3, -0.25) is 14.4 Å². The molecule has 1 aliphatic rings. The molecule has 1 aromatic heterocycles. The molecule has 10 nitrogen and oxygen atoms in total. The number of hydrogen-bond acceptors (Lipinski definition) is 7. The van der Waals surface area contributed by atoms with E-state index in [1.165, 1.54) is 4.90 Å². The number of likely N-dealkylation sites (N-methyl/N-ethyl adjacent to an activating group) is 1. The highest BCUT2D eigenvalue weighted by molar-refractivity contribution is 7.99. The zero-order chi connectivity index (χ0) is 35.6. The minimum atomic E-state index is -0.861. The van der Waals surface area contributed by atoms with E-state index in [9.17, 15) is 14.4 Å². The summed E-state index contributed by atoms with van der Waals surface area (Å²) in [6.45, 7) is 1.65. The molecule has 0 fully saturated rings. The summed E-state index contributed by atoms with van der Waals surface area (Å²) in [6.07, 6.45) is 5.13. The third kappa shape index (κ3) is 9.26. The maximum absolute atomic E-state index is 14.4. The number of benzene rings is 3. The summed E-state index contributed by atoms with van der Waals surface area (Å²) in [5.41, 5.74) is 15.5. The van der Waals surface area contributed by atoms with Crippen molar-refractivity contribution in [3.63, 3.8) is 0 Å².